The van der Waals surface area contributed by atoms with Crippen LogP contribution in [0.1, 0.15) is 355 Å². The van der Waals surface area contributed by atoms with Crippen LogP contribution in [0, 0.1) is 0 Å². The Labute approximate surface area is 652 Å². The maximum absolute atomic E-state index is 12.9. The van der Waals surface area contributed by atoms with Crippen molar-refractivity contribution in [2.75, 3.05) is 39.6 Å². The molecule has 0 aromatic rings. The Morgan fingerprint density at radius 3 is 0.785 bits per heavy atom. The lowest BCUT2D eigenvalue weighted by Gasteiger charge is -2.21. The average molecular weight is 1540 g/mol. The van der Waals surface area contributed by atoms with E-state index < -0.39 is 91.5 Å². The number of allylic oxidation sites excluding steroid dienone is 22. The number of aliphatic hydroxyl groups is 2. The highest BCUT2D eigenvalue weighted by Gasteiger charge is 2.29. The van der Waals surface area contributed by atoms with Crippen molar-refractivity contribution in [2.45, 2.75) is 373 Å². The summed E-state index contributed by atoms with van der Waals surface area (Å²) in [4.78, 5) is 58.7. The quantitative estimate of drug-likeness (QED) is 0.0146. The molecule has 0 aromatic carbocycles. The Bertz CT molecular complexity index is 2480. The van der Waals surface area contributed by atoms with Crippen LogP contribution in [-0.2, 0) is 55.8 Å². The van der Waals surface area contributed by atoms with E-state index in [1.165, 1.54) is 148 Å². The second-order valence-electron chi connectivity index (χ2n) is 28.2. The predicted octanol–water partition coefficient (Wildman–Crippen LogP) is 25.4. The van der Waals surface area contributed by atoms with E-state index in [1.807, 2.05) is 0 Å². The Morgan fingerprint density at radius 1 is 0.271 bits per heavy atom. The molecule has 616 valence electrons. The van der Waals surface area contributed by atoms with E-state index in [0.717, 1.165) is 148 Å². The van der Waals surface area contributed by atoms with Gasteiger partial charge < -0.3 is 34.2 Å². The van der Waals surface area contributed by atoms with Crippen LogP contribution < -0.4 is 0 Å². The summed E-state index contributed by atoms with van der Waals surface area (Å²) in [5, 5.41) is 20.7. The number of carbonyl (C=O) groups excluding carboxylic acids is 3. The number of unbranched alkanes of at least 4 members (excludes halogenated alkanes) is 35. The van der Waals surface area contributed by atoms with Crippen LogP contribution in [0.3, 0.4) is 0 Å². The third-order valence-corrected chi connectivity index (χ3v) is 19.8. The molecule has 0 saturated carbocycles. The standard InChI is InChI=1S/C89H154O16P2/c1-4-7-10-13-16-19-22-24-26-28-30-32-34-36-38-40-41-43-45-46-48-50-52-54-56-58-61-63-66-69-72-75-87(92)99-78-84(90)79-101-106(95,96)102-80-85(91)81-103-107(97,98)104-83-86(105-89(94)77-74-71-68-65-60-21-18-15-12-9-6-3)82-100-88(93)76-73-70-67-64-62-59-57-55-53-51-49-47-44-42-39-37-35-33-31-29-27-25-23-20-17-14-11-8-5-2/h7-8,10-11,16-17,19-20,24-27,30-33,36-39,41,43,84-86,90-91H,4-6,9,12-15,18,21-23,28-29,34-35,40,42,44-83H2,1-3H3,(H,95,96)(H,97,98)/b10-7-,11-8-,19-16-,20-17-,26-24-,27-25-,32-30-,33-31-,38-36-,39-37-,43-41-. The number of carbonyl (C=O) groups is 3. The summed E-state index contributed by atoms with van der Waals surface area (Å²) in [6.45, 7) is 2.48. The third-order valence-electron chi connectivity index (χ3n) is 17.9. The number of rotatable bonds is 80. The molecule has 0 aliphatic rings. The first-order valence-corrected chi connectivity index (χ1v) is 45.5. The first-order valence-electron chi connectivity index (χ1n) is 42.5. The lowest BCUT2D eigenvalue weighted by Crippen LogP contribution is -2.30. The van der Waals surface area contributed by atoms with Crippen molar-refractivity contribution in [3.05, 3.63) is 134 Å². The van der Waals surface area contributed by atoms with Crippen molar-refractivity contribution >= 4 is 33.6 Å². The Kier molecular flexibility index (Phi) is 77.9. The van der Waals surface area contributed by atoms with E-state index in [9.17, 15) is 43.5 Å². The molecule has 0 bridgehead atoms. The highest BCUT2D eigenvalue weighted by molar-refractivity contribution is 7.47. The van der Waals surface area contributed by atoms with Gasteiger partial charge in [-0.2, -0.15) is 0 Å². The lowest BCUT2D eigenvalue weighted by molar-refractivity contribution is -0.161. The number of aliphatic hydroxyl groups excluding tert-OH is 2. The molecular weight excluding hydrogens is 1390 g/mol. The molecule has 0 aromatic heterocycles. The summed E-state index contributed by atoms with van der Waals surface area (Å²) in [5.74, 6) is -1.57. The number of phosphoric ester groups is 2. The molecule has 0 aliphatic carbocycles. The minimum Gasteiger partial charge on any atom is -0.463 e. The molecule has 0 amide bonds. The normalized spacial score (nSPS) is 14.6. The molecule has 0 radical (unpaired) electrons. The Hall–Kier alpha value is -4.31. The van der Waals surface area contributed by atoms with Gasteiger partial charge in [-0.05, 0) is 116 Å². The number of hydrogen-bond acceptors (Lipinski definition) is 14. The van der Waals surface area contributed by atoms with E-state index in [1.54, 1.807) is 0 Å². The zero-order chi connectivity index (χ0) is 78.0. The van der Waals surface area contributed by atoms with E-state index in [2.05, 4.69) is 154 Å². The van der Waals surface area contributed by atoms with Crippen molar-refractivity contribution in [1.82, 2.24) is 0 Å². The molecule has 18 heteroatoms. The fourth-order valence-electron chi connectivity index (χ4n) is 11.5. The van der Waals surface area contributed by atoms with Gasteiger partial charge in [0.05, 0.1) is 26.4 Å². The molecule has 0 heterocycles. The van der Waals surface area contributed by atoms with Crippen molar-refractivity contribution < 1.29 is 75.8 Å². The van der Waals surface area contributed by atoms with Crippen LogP contribution in [0.4, 0.5) is 0 Å². The van der Waals surface area contributed by atoms with Gasteiger partial charge in [-0.3, -0.25) is 32.5 Å². The van der Waals surface area contributed by atoms with Crippen molar-refractivity contribution in [1.29, 1.82) is 0 Å². The van der Waals surface area contributed by atoms with E-state index in [4.69, 9.17) is 32.3 Å². The van der Waals surface area contributed by atoms with E-state index in [-0.39, 0.29) is 19.3 Å². The van der Waals surface area contributed by atoms with Crippen LogP contribution in [0.25, 0.3) is 0 Å². The van der Waals surface area contributed by atoms with Crippen LogP contribution in [-0.4, -0.2) is 95.9 Å². The van der Waals surface area contributed by atoms with Gasteiger partial charge in [0, 0.05) is 19.3 Å². The molecule has 16 nitrogen and oxygen atoms in total. The maximum Gasteiger partial charge on any atom is 0.472 e. The number of hydrogen-bond donors (Lipinski definition) is 4. The molecule has 107 heavy (non-hydrogen) atoms. The largest absolute Gasteiger partial charge is 0.472 e. The van der Waals surface area contributed by atoms with Gasteiger partial charge >= 0.3 is 33.6 Å². The van der Waals surface area contributed by atoms with Gasteiger partial charge in [-0.1, -0.05) is 353 Å². The topological polar surface area (TPSA) is 231 Å². The van der Waals surface area contributed by atoms with Crippen molar-refractivity contribution in [2.24, 2.45) is 0 Å². The molecule has 0 rings (SSSR count). The summed E-state index contributed by atoms with van der Waals surface area (Å²) in [6.07, 6.45) is 99.5. The molecular formula is C89H154O16P2. The highest BCUT2D eigenvalue weighted by atomic mass is 31.2. The van der Waals surface area contributed by atoms with Gasteiger partial charge in [0.1, 0.15) is 25.4 Å². The SMILES string of the molecule is CC/C=C\C/C=C\C/C=C\C/C=C\C/C=C\C/C=C\CCCCCCCCCCCCCCC(=O)OCC(O)COP(=O)(O)OCC(O)COP(=O)(O)OCC(COC(=O)CCCCCCCCCCCCCCC/C=C\C/C=C\C/C=C\C/C=C\C/C=C\CC)OC(=O)CCCCCCCCCCCCC. The second kappa shape index (κ2) is 81.2. The van der Waals surface area contributed by atoms with Crippen LogP contribution in [0.2, 0.25) is 0 Å². The minimum absolute atomic E-state index is 0.107. The number of ether oxygens (including phenoxy) is 3. The van der Waals surface area contributed by atoms with E-state index >= 15 is 0 Å². The zero-order valence-corrected chi connectivity index (χ0v) is 69.3. The van der Waals surface area contributed by atoms with Crippen molar-refractivity contribution in [3.8, 4) is 0 Å². The summed E-state index contributed by atoms with van der Waals surface area (Å²) >= 11 is 0. The molecule has 4 N–H and O–H groups in total. The summed E-state index contributed by atoms with van der Waals surface area (Å²) < 4.78 is 61.2. The van der Waals surface area contributed by atoms with Gasteiger partial charge in [0.25, 0.3) is 0 Å². The summed E-state index contributed by atoms with van der Waals surface area (Å²) in [6, 6.07) is 0. The van der Waals surface area contributed by atoms with Gasteiger partial charge in [0.15, 0.2) is 6.10 Å². The van der Waals surface area contributed by atoms with Crippen molar-refractivity contribution in [3.63, 3.8) is 0 Å². The molecule has 0 fully saturated rings. The summed E-state index contributed by atoms with van der Waals surface area (Å²) in [7, 11) is -9.78. The smallest absolute Gasteiger partial charge is 0.463 e. The maximum atomic E-state index is 12.9. The molecule has 5 atom stereocenters. The lowest BCUT2D eigenvalue weighted by atomic mass is 10.0. The highest BCUT2D eigenvalue weighted by Crippen LogP contribution is 2.45. The Balaban J connectivity index is 4.40. The average Bonchev–Trinajstić information content (AvgIpc) is 0.910. The zero-order valence-electron chi connectivity index (χ0n) is 67.5. The predicted molar refractivity (Wildman–Crippen MR) is 445 cm³/mol. The van der Waals surface area contributed by atoms with Crippen LogP contribution in [0.15, 0.2) is 134 Å². The first kappa shape index (κ1) is 103. The Morgan fingerprint density at radius 2 is 0.495 bits per heavy atom. The third kappa shape index (κ3) is 82.5. The first-order chi connectivity index (χ1) is 52.2. The molecule has 5 unspecified atom stereocenters. The molecule has 0 saturated heterocycles. The fourth-order valence-corrected chi connectivity index (χ4v) is 13.1. The molecule has 0 spiro atoms. The van der Waals surface area contributed by atoms with E-state index in [0.29, 0.717) is 19.3 Å². The fraction of sp³-hybridized carbons (Fsp3) is 0.719. The van der Waals surface area contributed by atoms with Gasteiger partial charge in [-0.15, -0.1) is 0 Å². The minimum atomic E-state index is -4.93. The van der Waals surface area contributed by atoms with Gasteiger partial charge in [0.2, 0.25) is 0 Å². The monoisotopic (exact) mass is 1540 g/mol. The number of esters is 3. The summed E-state index contributed by atoms with van der Waals surface area (Å²) in [5.41, 5.74) is 0. The van der Waals surface area contributed by atoms with Gasteiger partial charge in [-0.25, -0.2) is 9.13 Å². The second-order valence-corrected chi connectivity index (χ2v) is 31.1. The molecule has 0 aliphatic heterocycles. The van der Waals surface area contributed by atoms with Crippen LogP contribution in [0.5, 0.6) is 0 Å². The van der Waals surface area contributed by atoms with Crippen LogP contribution >= 0.6 is 15.6 Å². The number of phosphoric acid groups is 2.